The van der Waals surface area contributed by atoms with Crippen LogP contribution in [-0.4, -0.2) is 28.6 Å². The van der Waals surface area contributed by atoms with Gasteiger partial charge in [-0.05, 0) is 106 Å². The maximum atomic E-state index is 13.5. The van der Waals surface area contributed by atoms with Gasteiger partial charge < -0.3 is 4.74 Å². The van der Waals surface area contributed by atoms with Crippen molar-refractivity contribution in [3.63, 3.8) is 0 Å². The van der Waals surface area contributed by atoms with Gasteiger partial charge in [-0.2, -0.15) is 0 Å². The lowest BCUT2D eigenvalue weighted by Crippen LogP contribution is -2.29. The Kier molecular flexibility index (Phi) is 10.7. The zero-order valence-electron chi connectivity index (χ0n) is 27.3. The first-order valence-electron chi connectivity index (χ1n) is 17.0. The van der Waals surface area contributed by atoms with Gasteiger partial charge in [0.05, 0.1) is 12.8 Å². The van der Waals surface area contributed by atoms with Crippen molar-refractivity contribution in [2.45, 2.75) is 117 Å². The van der Waals surface area contributed by atoms with Gasteiger partial charge in [0.1, 0.15) is 11.6 Å². The Bertz CT molecular complexity index is 1430. The highest BCUT2D eigenvalue weighted by Crippen LogP contribution is 2.58. The monoisotopic (exact) mass is 594 g/mol. The largest absolute Gasteiger partial charge is 0.496 e. The van der Waals surface area contributed by atoms with Gasteiger partial charge in [-0.15, -0.1) is 0 Å². The van der Waals surface area contributed by atoms with E-state index < -0.39 is 0 Å². The highest BCUT2D eigenvalue weighted by Gasteiger charge is 2.53. The quantitative estimate of drug-likeness (QED) is 0.106. The minimum Gasteiger partial charge on any atom is -0.496 e. The van der Waals surface area contributed by atoms with E-state index in [1.165, 1.54) is 37.0 Å². The van der Waals surface area contributed by atoms with Crippen molar-refractivity contribution in [2.75, 3.05) is 7.11 Å². The molecule has 0 bridgehead atoms. The number of unbranched alkanes of at least 4 members (excludes halogenated alkanes) is 1. The lowest BCUT2D eigenvalue weighted by atomic mass is 9.73. The van der Waals surface area contributed by atoms with Crippen LogP contribution in [0.15, 0.2) is 59.8 Å². The molecule has 0 saturated heterocycles. The van der Waals surface area contributed by atoms with Crippen LogP contribution >= 0.6 is 0 Å². The molecule has 1 aromatic carbocycles. The van der Waals surface area contributed by atoms with Crippen LogP contribution in [0.2, 0.25) is 0 Å². The number of allylic oxidation sites excluding steroid dienone is 6. The van der Waals surface area contributed by atoms with E-state index in [2.05, 4.69) is 19.9 Å². The number of aryl methyl sites for hydroxylation is 2. The second-order valence-electron chi connectivity index (χ2n) is 13.1. The van der Waals surface area contributed by atoms with Crippen LogP contribution in [0.1, 0.15) is 130 Å². The number of benzene rings is 1. The van der Waals surface area contributed by atoms with E-state index in [1.54, 1.807) is 13.2 Å². The van der Waals surface area contributed by atoms with Crippen molar-refractivity contribution >= 4 is 11.6 Å². The summed E-state index contributed by atoms with van der Waals surface area (Å²) in [6.07, 6.45) is 24.0. The van der Waals surface area contributed by atoms with Gasteiger partial charge in [0, 0.05) is 35.9 Å². The maximum Gasteiger partial charge on any atom is 0.185 e. The predicted octanol–water partition coefficient (Wildman–Crippen LogP) is 9.05. The van der Waals surface area contributed by atoms with Crippen molar-refractivity contribution in [3.05, 3.63) is 88.1 Å². The lowest BCUT2D eigenvalue weighted by Gasteiger charge is -2.32. The molecule has 2 aromatic rings. The van der Waals surface area contributed by atoms with Crippen molar-refractivity contribution in [1.29, 1.82) is 0 Å². The Morgan fingerprint density at radius 2 is 1.86 bits per heavy atom. The molecule has 5 heteroatoms. The smallest absolute Gasteiger partial charge is 0.185 e. The number of methoxy groups -OCH3 is 1. The topological polar surface area (TPSA) is 69.2 Å². The number of hydrogen-bond acceptors (Lipinski definition) is 5. The summed E-state index contributed by atoms with van der Waals surface area (Å²) in [5.74, 6) is 2.89. The molecular formula is C39H50N2O3. The van der Waals surface area contributed by atoms with Crippen molar-refractivity contribution < 1.29 is 14.3 Å². The fourth-order valence-corrected chi connectivity index (χ4v) is 7.40. The third-order valence-corrected chi connectivity index (χ3v) is 10.4. The highest BCUT2D eigenvalue weighted by atomic mass is 16.5. The average molecular weight is 595 g/mol. The molecule has 2 fully saturated rings. The van der Waals surface area contributed by atoms with Gasteiger partial charge in [-0.25, -0.2) is 9.97 Å². The van der Waals surface area contributed by atoms with Crippen molar-refractivity contribution in [1.82, 2.24) is 9.97 Å². The predicted molar refractivity (Wildman–Crippen MR) is 177 cm³/mol. The minimum absolute atomic E-state index is 0.000379. The van der Waals surface area contributed by atoms with E-state index in [9.17, 15) is 9.59 Å². The molecule has 1 unspecified atom stereocenters. The normalized spacial score (nSPS) is 20.5. The Balaban J connectivity index is 1.30. The molecule has 5 nitrogen and oxygen atoms in total. The van der Waals surface area contributed by atoms with Crippen molar-refractivity contribution in [2.24, 2.45) is 11.3 Å². The van der Waals surface area contributed by atoms with Crippen LogP contribution in [-0.2, 0) is 24.1 Å². The summed E-state index contributed by atoms with van der Waals surface area (Å²) in [6, 6.07) is 5.77. The number of fused-ring (bicyclic) bond motifs is 1. The first kappa shape index (κ1) is 32.1. The summed E-state index contributed by atoms with van der Waals surface area (Å²) >= 11 is 0. The SMILES string of the molecule is C/C=C1/Cc2cnc(CCc3ccc(C(=O)/C=C/CCC=C(CC)CC)cc3OC)nc2C(C2CCCC2)CC2(CC2)C1=O. The Labute approximate surface area is 264 Å². The highest BCUT2D eigenvalue weighted by molar-refractivity contribution is 6.04. The van der Waals surface area contributed by atoms with E-state index in [0.29, 0.717) is 36.0 Å². The van der Waals surface area contributed by atoms with Crippen LogP contribution in [0.25, 0.3) is 0 Å². The number of ketones is 2. The van der Waals surface area contributed by atoms with Gasteiger partial charge in [0.25, 0.3) is 0 Å². The number of aromatic nitrogens is 2. The molecule has 44 heavy (non-hydrogen) atoms. The van der Waals surface area contributed by atoms with E-state index in [-0.39, 0.29) is 11.2 Å². The third-order valence-electron chi connectivity index (χ3n) is 10.4. The summed E-state index contributed by atoms with van der Waals surface area (Å²) in [7, 11) is 1.66. The fraction of sp³-hybridized carbons (Fsp3) is 0.538. The molecule has 1 atom stereocenters. The third kappa shape index (κ3) is 7.30. The number of carbonyl (C=O) groups excluding carboxylic acids is 2. The van der Waals surface area contributed by atoms with Gasteiger partial charge in [0.15, 0.2) is 11.6 Å². The molecule has 5 rings (SSSR count). The van der Waals surface area contributed by atoms with Crippen LogP contribution in [0, 0.1) is 11.3 Å². The molecule has 1 aromatic heterocycles. The summed E-state index contributed by atoms with van der Waals surface area (Å²) < 4.78 is 5.73. The lowest BCUT2D eigenvalue weighted by molar-refractivity contribution is -0.121. The van der Waals surface area contributed by atoms with Crippen LogP contribution < -0.4 is 4.74 Å². The molecule has 1 spiro atoms. The number of Topliss-reactive ketones (excluding diaryl/α,β-unsaturated/α-hetero) is 1. The summed E-state index contributed by atoms with van der Waals surface area (Å²) in [5.41, 5.74) is 6.24. The van der Waals surface area contributed by atoms with E-state index in [1.807, 2.05) is 43.5 Å². The van der Waals surface area contributed by atoms with Crippen LogP contribution in [0.5, 0.6) is 5.75 Å². The second kappa shape index (κ2) is 14.6. The molecule has 0 amide bonds. The number of ether oxygens (including phenoxy) is 1. The molecule has 3 aliphatic rings. The zero-order chi connectivity index (χ0) is 31.1. The van der Waals surface area contributed by atoms with Gasteiger partial charge in [-0.3, -0.25) is 9.59 Å². The number of nitrogens with zero attached hydrogens (tertiary/aromatic N) is 2. The molecule has 0 radical (unpaired) electrons. The number of hydrogen-bond donors (Lipinski definition) is 0. The molecule has 2 saturated carbocycles. The Morgan fingerprint density at radius 1 is 1.09 bits per heavy atom. The molecular weight excluding hydrogens is 544 g/mol. The summed E-state index contributed by atoms with van der Waals surface area (Å²) in [5, 5.41) is 0. The Morgan fingerprint density at radius 3 is 2.55 bits per heavy atom. The first-order valence-corrected chi connectivity index (χ1v) is 17.0. The fourth-order valence-electron chi connectivity index (χ4n) is 7.40. The van der Waals surface area contributed by atoms with E-state index in [0.717, 1.165) is 79.6 Å². The van der Waals surface area contributed by atoms with Crippen LogP contribution in [0.3, 0.4) is 0 Å². The van der Waals surface area contributed by atoms with Gasteiger partial charge in [-0.1, -0.05) is 62.6 Å². The maximum absolute atomic E-state index is 13.5. The van der Waals surface area contributed by atoms with Gasteiger partial charge in [0.2, 0.25) is 0 Å². The first-order chi connectivity index (χ1) is 21.4. The molecule has 234 valence electrons. The number of carbonyl (C=O) groups is 2. The van der Waals surface area contributed by atoms with Crippen LogP contribution in [0.4, 0.5) is 0 Å². The minimum atomic E-state index is -0.162. The molecule has 0 N–H and O–H groups in total. The average Bonchev–Trinajstić information content (AvgIpc) is 3.64. The number of rotatable bonds is 12. The zero-order valence-corrected chi connectivity index (χ0v) is 27.3. The van der Waals surface area contributed by atoms with Crippen molar-refractivity contribution in [3.8, 4) is 5.75 Å². The Hall–Kier alpha value is -3.34. The summed E-state index contributed by atoms with van der Waals surface area (Å²) in [6.45, 7) is 6.37. The van der Waals surface area contributed by atoms with E-state index in [4.69, 9.17) is 14.7 Å². The van der Waals surface area contributed by atoms with E-state index >= 15 is 0 Å². The second-order valence-corrected chi connectivity index (χ2v) is 13.1. The summed E-state index contributed by atoms with van der Waals surface area (Å²) in [4.78, 5) is 36.4. The molecule has 0 aliphatic heterocycles. The molecule has 3 aliphatic carbocycles. The molecule has 1 heterocycles. The van der Waals surface area contributed by atoms with Gasteiger partial charge >= 0.3 is 0 Å². The standard InChI is InChI=1S/C39H50N2O3/c1-5-27(6-2)13-9-8-10-16-34(42)31-18-17-30(35(24-31)44-4)19-20-36-40-26-32-23-28(7-3)38(43)39(21-22-39)25-33(37(32)41-36)29-14-11-12-15-29/h7,10,13,16-18,24,26,29,33H,5-6,8-9,11-12,14-15,19-23,25H2,1-4H3/b16-10+,28-7-.